The highest BCUT2D eigenvalue weighted by molar-refractivity contribution is 7.19. The van der Waals surface area contributed by atoms with Gasteiger partial charge in [-0.2, -0.15) is 0 Å². The van der Waals surface area contributed by atoms with E-state index in [1.807, 2.05) is 54.6 Å². The maximum absolute atomic E-state index is 12.9. The number of rotatable bonds is 9. The Kier molecular flexibility index (Phi) is 8.76. The third-order valence-electron chi connectivity index (χ3n) is 5.62. The molecule has 4 aromatic carbocycles. The molecule has 5 aromatic rings. The number of aromatic nitrogens is 1. The maximum Gasteiger partial charge on any atom is 0.310 e. The fourth-order valence-corrected chi connectivity index (χ4v) is 5.12. The number of para-hydroxylation sites is 1. The van der Waals surface area contributed by atoms with Crippen molar-refractivity contribution in [2.24, 2.45) is 0 Å². The Labute approximate surface area is 244 Å². The van der Waals surface area contributed by atoms with Crippen LogP contribution in [0.25, 0.3) is 21.9 Å². The van der Waals surface area contributed by atoms with Gasteiger partial charge < -0.3 is 14.8 Å². The van der Waals surface area contributed by atoms with Crippen LogP contribution in [0.1, 0.15) is 17.0 Å². The monoisotopic (exact) mass is 588 g/mol. The number of esters is 1. The molecule has 6 nitrogen and oxygen atoms in total. The summed E-state index contributed by atoms with van der Waals surface area (Å²) in [6.07, 6.45) is 1.80. The topological polar surface area (TPSA) is 77.5 Å². The van der Waals surface area contributed by atoms with Gasteiger partial charge in [-0.25, -0.2) is 4.98 Å². The van der Waals surface area contributed by atoms with E-state index in [0.29, 0.717) is 37.8 Å². The highest BCUT2D eigenvalue weighted by atomic mass is 35.5. The van der Waals surface area contributed by atoms with Crippen molar-refractivity contribution >= 4 is 74.0 Å². The zero-order chi connectivity index (χ0) is 27.9. The standard InChI is InChI=1S/C31H22Cl2N2O4S/c32-22-11-13-25(14-12-22)39-26-8-3-5-20(16-26)15-21(31-35-27-9-1-2-10-28(27)40-31)17-30(37)38-19-29(36)34-24-7-4-6-23(33)18-24/h1-16,18H,17,19H2,(H,34,36)/b21-15-. The zero-order valence-corrected chi connectivity index (χ0v) is 23.3. The van der Waals surface area contributed by atoms with Crippen molar-refractivity contribution in [3.8, 4) is 11.5 Å². The molecule has 1 heterocycles. The number of carbonyl (C=O) groups is 2. The van der Waals surface area contributed by atoms with Crippen molar-refractivity contribution in [1.82, 2.24) is 4.98 Å². The summed E-state index contributed by atoms with van der Waals surface area (Å²) < 4.78 is 12.3. The van der Waals surface area contributed by atoms with Crippen molar-refractivity contribution in [1.29, 1.82) is 0 Å². The molecule has 0 atom stereocenters. The van der Waals surface area contributed by atoms with Gasteiger partial charge in [-0.1, -0.05) is 53.5 Å². The van der Waals surface area contributed by atoms with Crippen LogP contribution in [0.2, 0.25) is 10.0 Å². The molecule has 200 valence electrons. The van der Waals surface area contributed by atoms with Gasteiger partial charge in [-0.05, 0) is 83.9 Å². The van der Waals surface area contributed by atoms with Crippen molar-refractivity contribution in [3.63, 3.8) is 0 Å². The number of hydrogen-bond acceptors (Lipinski definition) is 6. The van der Waals surface area contributed by atoms with E-state index in [9.17, 15) is 9.59 Å². The number of hydrogen-bond donors (Lipinski definition) is 1. The van der Waals surface area contributed by atoms with E-state index >= 15 is 0 Å². The summed E-state index contributed by atoms with van der Waals surface area (Å²) in [5, 5.41) is 4.46. The van der Waals surface area contributed by atoms with Crippen LogP contribution in [0.15, 0.2) is 97.1 Å². The molecule has 0 unspecified atom stereocenters. The lowest BCUT2D eigenvalue weighted by molar-refractivity contribution is -0.146. The van der Waals surface area contributed by atoms with E-state index in [0.717, 1.165) is 15.8 Å². The van der Waals surface area contributed by atoms with Gasteiger partial charge in [0.1, 0.15) is 16.5 Å². The molecule has 0 aliphatic rings. The van der Waals surface area contributed by atoms with E-state index in [4.69, 9.17) is 37.7 Å². The molecule has 1 aromatic heterocycles. The van der Waals surface area contributed by atoms with Crippen LogP contribution >= 0.6 is 34.5 Å². The summed E-state index contributed by atoms with van der Waals surface area (Å²) in [5.74, 6) is 0.255. The lowest BCUT2D eigenvalue weighted by atomic mass is 10.1. The normalized spacial score (nSPS) is 11.3. The zero-order valence-electron chi connectivity index (χ0n) is 21.0. The minimum Gasteiger partial charge on any atom is -0.457 e. The van der Waals surface area contributed by atoms with Crippen LogP contribution in [0.5, 0.6) is 11.5 Å². The van der Waals surface area contributed by atoms with Crippen LogP contribution < -0.4 is 10.1 Å². The highest BCUT2D eigenvalue weighted by Gasteiger charge is 2.16. The molecule has 0 aliphatic carbocycles. The SMILES string of the molecule is O=C(COC(=O)C/C(=C/c1cccc(Oc2ccc(Cl)cc2)c1)c1nc2ccccc2s1)Nc1cccc(Cl)c1. The molecule has 0 radical (unpaired) electrons. The first kappa shape index (κ1) is 27.4. The van der Waals surface area contributed by atoms with E-state index < -0.39 is 18.5 Å². The molecule has 5 rings (SSSR count). The predicted molar refractivity (Wildman–Crippen MR) is 161 cm³/mol. The summed E-state index contributed by atoms with van der Waals surface area (Å²) in [6, 6.07) is 29.1. The lowest BCUT2D eigenvalue weighted by Gasteiger charge is -2.09. The van der Waals surface area contributed by atoms with Crippen molar-refractivity contribution in [3.05, 3.63) is 118 Å². The number of benzene rings is 4. The fourth-order valence-electron chi connectivity index (χ4n) is 3.82. The smallest absolute Gasteiger partial charge is 0.310 e. The second-order valence-electron chi connectivity index (χ2n) is 8.68. The number of thiazole rings is 1. The summed E-state index contributed by atoms with van der Waals surface area (Å²) in [6.45, 7) is -0.428. The molecule has 9 heteroatoms. The molecule has 0 saturated heterocycles. The second kappa shape index (κ2) is 12.8. The molecular weight excluding hydrogens is 567 g/mol. The average molecular weight is 590 g/mol. The number of carbonyl (C=O) groups excluding carboxylic acids is 2. The number of ether oxygens (including phenoxy) is 2. The van der Waals surface area contributed by atoms with Gasteiger partial charge in [0, 0.05) is 15.7 Å². The van der Waals surface area contributed by atoms with Gasteiger partial charge >= 0.3 is 5.97 Å². The van der Waals surface area contributed by atoms with E-state index in [-0.39, 0.29) is 6.42 Å². The van der Waals surface area contributed by atoms with Gasteiger partial charge in [-0.15, -0.1) is 11.3 Å². The Morgan fingerprint density at radius 2 is 1.65 bits per heavy atom. The number of anilines is 1. The second-order valence-corrected chi connectivity index (χ2v) is 10.6. The Morgan fingerprint density at radius 3 is 2.45 bits per heavy atom. The van der Waals surface area contributed by atoms with Crippen LogP contribution in [0.3, 0.4) is 0 Å². The summed E-state index contributed by atoms with van der Waals surface area (Å²) in [4.78, 5) is 29.9. The number of halogens is 2. The number of fused-ring (bicyclic) bond motifs is 1. The minimum absolute atomic E-state index is 0.0768. The third kappa shape index (κ3) is 7.48. The van der Waals surface area contributed by atoms with Crippen LogP contribution in [0.4, 0.5) is 5.69 Å². The van der Waals surface area contributed by atoms with E-state index in [1.54, 1.807) is 48.5 Å². The number of nitrogens with one attached hydrogen (secondary N) is 1. The van der Waals surface area contributed by atoms with Gasteiger partial charge in [0.05, 0.1) is 16.6 Å². The predicted octanol–water partition coefficient (Wildman–Crippen LogP) is 8.51. The maximum atomic E-state index is 12.9. The first-order valence-electron chi connectivity index (χ1n) is 12.2. The molecule has 0 bridgehead atoms. The molecule has 0 saturated carbocycles. The van der Waals surface area contributed by atoms with Crippen molar-refractivity contribution in [2.75, 3.05) is 11.9 Å². The molecule has 0 aliphatic heterocycles. The minimum atomic E-state index is -0.555. The van der Waals surface area contributed by atoms with Gasteiger partial charge in [-0.3, -0.25) is 9.59 Å². The Bertz CT molecular complexity index is 1670. The first-order valence-corrected chi connectivity index (χ1v) is 13.8. The summed E-state index contributed by atoms with van der Waals surface area (Å²) in [7, 11) is 0. The number of nitrogens with zero attached hydrogens (tertiary/aromatic N) is 1. The van der Waals surface area contributed by atoms with Crippen LogP contribution in [0, 0.1) is 0 Å². The molecular formula is C31H22Cl2N2O4S. The van der Waals surface area contributed by atoms with Crippen molar-refractivity contribution < 1.29 is 19.1 Å². The quantitative estimate of drug-likeness (QED) is 0.175. The largest absolute Gasteiger partial charge is 0.457 e. The van der Waals surface area contributed by atoms with Gasteiger partial charge in [0.15, 0.2) is 6.61 Å². The molecule has 0 fully saturated rings. The third-order valence-corrected chi connectivity index (χ3v) is 7.22. The molecule has 40 heavy (non-hydrogen) atoms. The lowest BCUT2D eigenvalue weighted by Crippen LogP contribution is -2.20. The molecule has 1 amide bonds. The van der Waals surface area contributed by atoms with Gasteiger partial charge in [0.25, 0.3) is 5.91 Å². The highest BCUT2D eigenvalue weighted by Crippen LogP contribution is 2.32. The van der Waals surface area contributed by atoms with E-state index in [2.05, 4.69) is 5.32 Å². The summed E-state index contributed by atoms with van der Waals surface area (Å²) in [5.41, 5.74) is 2.82. The molecule has 1 N–H and O–H groups in total. The summed E-state index contributed by atoms with van der Waals surface area (Å²) >= 11 is 13.4. The fraction of sp³-hybridized carbons (Fsp3) is 0.0645. The van der Waals surface area contributed by atoms with Crippen molar-refractivity contribution in [2.45, 2.75) is 6.42 Å². The average Bonchev–Trinajstić information content (AvgIpc) is 3.38. The Balaban J connectivity index is 1.34. The molecule has 0 spiro atoms. The van der Waals surface area contributed by atoms with Crippen LogP contribution in [-0.4, -0.2) is 23.5 Å². The Hall–Kier alpha value is -4.17. The first-order chi connectivity index (χ1) is 19.4. The van der Waals surface area contributed by atoms with E-state index in [1.165, 1.54) is 11.3 Å². The van der Waals surface area contributed by atoms with Gasteiger partial charge in [0.2, 0.25) is 0 Å². The Morgan fingerprint density at radius 1 is 0.850 bits per heavy atom. The number of amides is 1. The van der Waals surface area contributed by atoms with Crippen LogP contribution in [-0.2, 0) is 14.3 Å².